The smallest absolute Gasteiger partial charge is 0.412 e. The van der Waals surface area contributed by atoms with Gasteiger partial charge in [0.1, 0.15) is 11.9 Å². The van der Waals surface area contributed by atoms with E-state index in [1.165, 1.54) is 32.1 Å². The highest BCUT2D eigenvalue weighted by Crippen LogP contribution is 2.25. The van der Waals surface area contributed by atoms with Gasteiger partial charge in [-0.2, -0.15) is 0 Å². The SMILES string of the molecule is CCCCCCCOc1ccccc1NC(=O)OC1CCN(CCC)CC1.Cl. The number of piperidine rings is 1. The summed E-state index contributed by atoms with van der Waals surface area (Å²) in [6.07, 6.45) is 8.59. The summed E-state index contributed by atoms with van der Waals surface area (Å²) in [7, 11) is 0. The van der Waals surface area contributed by atoms with Crippen molar-refractivity contribution in [2.45, 2.75) is 71.3 Å². The largest absolute Gasteiger partial charge is 0.491 e. The first-order chi connectivity index (χ1) is 13.2. The van der Waals surface area contributed by atoms with Gasteiger partial charge in [-0.1, -0.05) is 51.7 Å². The predicted molar refractivity (Wildman–Crippen MR) is 118 cm³/mol. The fourth-order valence-electron chi connectivity index (χ4n) is 3.44. The van der Waals surface area contributed by atoms with Crippen LogP contribution in [0.15, 0.2) is 24.3 Å². The zero-order chi connectivity index (χ0) is 19.3. The number of hydrogen-bond donors (Lipinski definition) is 1. The van der Waals surface area contributed by atoms with E-state index >= 15 is 0 Å². The average Bonchev–Trinajstić information content (AvgIpc) is 2.67. The molecule has 2 rings (SSSR count). The number of hydrogen-bond acceptors (Lipinski definition) is 4. The summed E-state index contributed by atoms with van der Waals surface area (Å²) in [4.78, 5) is 14.7. The van der Waals surface area contributed by atoms with E-state index in [0.29, 0.717) is 18.0 Å². The molecule has 0 unspecified atom stereocenters. The predicted octanol–water partition coefficient (Wildman–Crippen LogP) is 5.88. The van der Waals surface area contributed by atoms with Crippen molar-refractivity contribution in [1.29, 1.82) is 0 Å². The topological polar surface area (TPSA) is 50.8 Å². The lowest BCUT2D eigenvalue weighted by Crippen LogP contribution is -2.38. The van der Waals surface area contributed by atoms with Crippen molar-refractivity contribution in [3.05, 3.63) is 24.3 Å². The molecule has 1 heterocycles. The van der Waals surface area contributed by atoms with E-state index < -0.39 is 0 Å². The Morgan fingerprint density at radius 2 is 1.79 bits per heavy atom. The summed E-state index contributed by atoms with van der Waals surface area (Å²) < 4.78 is 11.5. The molecule has 1 aliphatic heterocycles. The Balaban J connectivity index is 0.00000392. The van der Waals surface area contributed by atoms with Crippen molar-refractivity contribution in [3.63, 3.8) is 0 Å². The van der Waals surface area contributed by atoms with Gasteiger partial charge < -0.3 is 14.4 Å². The Kier molecular flexibility index (Phi) is 12.8. The van der Waals surface area contributed by atoms with Crippen LogP contribution in [0.1, 0.15) is 65.2 Å². The Bertz CT molecular complexity index is 548. The van der Waals surface area contributed by atoms with Crippen LogP contribution in [0.5, 0.6) is 5.75 Å². The molecule has 160 valence electrons. The highest BCUT2D eigenvalue weighted by atomic mass is 35.5. The number of nitrogens with one attached hydrogen (secondary N) is 1. The fraction of sp³-hybridized carbons (Fsp3) is 0.682. The molecule has 1 fully saturated rings. The van der Waals surface area contributed by atoms with Gasteiger partial charge in [0.25, 0.3) is 0 Å². The van der Waals surface area contributed by atoms with Crippen LogP contribution in [0.3, 0.4) is 0 Å². The molecule has 1 aliphatic rings. The van der Waals surface area contributed by atoms with Crippen molar-refractivity contribution < 1.29 is 14.3 Å². The molecule has 1 saturated heterocycles. The van der Waals surface area contributed by atoms with E-state index in [0.717, 1.165) is 38.9 Å². The first kappa shape index (κ1) is 24.6. The minimum Gasteiger partial charge on any atom is -0.491 e. The van der Waals surface area contributed by atoms with Gasteiger partial charge in [0.05, 0.1) is 12.3 Å². The number of unbranched alkanes of at least 4 members (excludes halogenated alkanes) is 4. The number of amides is 1. The lowest BCUT2D eigenvalue weighted by molar-refractivity contribution is 0.0590. The number of benzene rings is 1. The van der Waals surface area contributed by atoms with Crippen LogP contribution >= 0.6 is 12.4 Å². The van der Waals surface area contributed by atoms with Crippen LogP contribution < -0.4 is 10.1 Å². The second-order valence-electron chi connectivity index (χ2n) is 7.33. The van der Waals surface area contributed by atoms with E-state index in [1.54, 1.807) is 0 Å². The second-order valence-corrected chi connectivity index (χ2v) is 7.33. The summed E-state index contributed by atoms with van der Waals surface area (Å²) in [5.74, 6) is 0.711. The molecule has 1 aromatic rings. The summed E-state index contributed by atoms with van der Waals surface area (Å²) in [6, 6.07) is 7.57. The maximum Gasteiger partial charge on any atom is 0.412 e. The average molecular weight is 413 g/mol. The van der Waals surface area contributed by atoms with Crippen molar-refractivity contribution in [3.8, 4) is 5.75 Å². The monoisotopic (exact) mass is 412 g/mol. The molecular weight excluding hydrogens is 376 g/mol. The minimum absolute atomic E-state index is 0. The van der Waals surface area contributed by atoms with Gasteiger partial charge in [0.15, 0.2) is 0 Å². The molecule has 5 nitrogen and oxygen atoms in total. The summed E-state index contributed by atoms with van der Waals surface area (Å²) in [5.41, 5.74) is 0.680. The molecule has 0 aromatic heterocycles. The van der Waals surface area contributed by atoms with E-state index in [4.69, 9.17) is 9.47 Å². The fourth-order valence-corrected chi connectivity index (χ4v) is 3.44. The normalized spacial score (nSPS) is 14.9. The summed E-state index contributed by atoms with van der Waals surface area (Å²) >= 11 is 0. The van der Waals surface area contributed by atoms with Gasteiger partial charge in [-0.05, 0) is 44.4 Å². The van der Waals surface area contributed by atoms with E-state index in [2.05, 4.69) is 24.1 Å². The second kappa shape index (κ2) is 14.5. The lowest BCUT2D eigenvalue weighted by atomic mass is 10.1. The third kappa shape index (κ3) is 9.16. The number of nitrogens with zero attached hydrogens (tertiary/aromatic N) is 1. The van der Waals surface area contributed by atoms with Crippen LogP contribution in [0.2, 0.25) is 0 Å². The first-order valence-electron chi connectivity index (χ1n) is 10.6. The Morgan fingerprint density at radius 1 is 1.07 bits per heavy atom. The van der Waals surface area contributed by atoms with Gasteiger partial charge in [0, 0.05) is 13.1 Å². The van der Waals surface area contributed by atoms with Gasteiger partial charge in [-0.15, -0.1) is 12.4 Å². The Morgan fingerprint density at radius 3 is 2.50 bits per heavy atom. The number of carbonyl (C=O) groups is 1. The number of rotatable bonds is 11. The third-order valence-electron chi connectivity index (χ3n) is 4.98. The maximum absolute atomic E-state index is 12.3. The first-order valence-corrected chi connectivity index (χ1v) is 10.6. The molecule has 0 aliphatic carbocycles. The molecule has 1 N–H and O–H groups in total. The third-order valence-corrected chi connectivity index (χ3v) is 4.98. The molecule has 0 atom stereocenters. The van der Waals surface area contributed by atoms with Crippen LogP contribution in [0.25, 0.3) is 0 Å². The lowest BCUT2D eigenvalue weighted by Gasteiger charge is -2.31. The Labute approximate surface area is 176 Å². The van der Waals surface area contributed by atoms with Gasteiger partial charge in [-0.3, -0.25) is 5.32 Å². The summed E-state index contributed by atoms with van der Waals surface area (Å²) in [6.45, 7) is 8.22. The molecule has 1 aromatic carbocycles. The van der Waals surface area contributed by atoms with Gasteiger partial charge in [-0.25, -0.2) is 4.79 Å². The van der Waals surface area contributed by atoms with Crippen molar-refractivity contribution in [1.82, 2.24) is 4.90 Å². The Hall–Kier alpha value is -1.46. The van der Waals surface area contributed by atoms with Crippen LogP contribution in [-0.4, -0.2) is 43.3 Å². The van der Waals surface area contributed by atoms with E-state index in [-0.39, 0.29) is 24.6 Å². The molecule has 28 heavy (non-hydrogen) atoms. The van der Waals surface area contributed by atoms with Crippen LogP contribution in [0.4, 0.5) is 10.5 Å². The number of anilines is 1. The molecule has 0 bridgehead atoms. The summed E-state index contributed by atoms with van der Waals surface area (Å²) in [5, 5.41) is 2.86. The van der Waals surface area contributed by atoms with Crippen molar-refractivity contribution in [2.24, 2.45) is 0 Å². The number of halogens is 1. The van der Waals surface area contributed by atoms with Gasteiger partial charge >= 0.3 is 6.09 Å². The molecule has 0 radical (unpaired) electrons. The number of ether oxygens (including phenoxy) is 2. The van der Waals surface area contributed by atoms with Crippen LogP contribution in [-0.2, 0) is 4.74 Å². The number of para-hydroxylation sites is 2. The number of likely N-dealkylation sites (tertiary alicyclic amines) is 1. The highest BCUT2D eigenvalue weighted by Gasteiger charge is 2.22. The van der Waals surface area contributed by atoms with E-state index in [9.17, 15) is 4.79 Å². The quantitative estimate of drug-likeness (QED) is 0.461. The molecule has 6 heteroatoms. The molecule has 1 amide bonds. The zero-order valence-electron chi connectivity index (χ0n) is 17.5. The van der Waals surface area contributed by atoms with Crippen molar-refractivity contribution >= 4 is 24.2 Å². The molecule has 0 saturated carbocycles. The van der Waals surface area contributed by atoms with Crippen LogP contribution in [0, 0.1) is 0 Å². The standard InChI is InChI=1S/C22H36N2O3.ClH/c1-3-5-6-7-10-18-26-21-12-9-8-11-20(21)23-22(25)27-19-13-16-24(15-4-2)17-14-19;/h8-9,11-12,19H,3-7,10,13-18H2,1-2H3,(H,23,25);1H. The molecule has 0 spiro atoms. The zero-order valence-corrected chi connectivity index (χ0v) is 18.3. The number of carbonyl (C=O) groups excluding carboxylic acids is 1. The van der Waals surface area contributed by atoms with Crippen molar-refractivity contribution in [2.75, 3.05) is 31.6 Å². The van der Waals surface area contributed by atoms with E-state index in [1.807, 2.05) is 24.3 Å². The van der Waals surface area contributed by atoms with Gasteiger partial charge in [0.2, 0.25) is 0 Å². The minimum atomic E-state index is -0.386. The molecular formula is C22H37ClN2O3. The maximum atomic E-state index is 12.3. The highest BCUT2D eigenvalue weighted by molar-refractivity contribution is 5.86.